The summed E-state index contributed by atoms with van der Waals surface area (Å²) in [4.78, 5) is 0. The zero-order chi connectivity index (χ0) is 7.15. The maximum atomic E-state index is 9.85. The van der Waals surface area contributed by atoms with Crippen LogP contribution in [-0.2, 0) is 36.6 Å². The summed E-state index contributed by atoms with van der Waals surface area (Å²) in [5.41, 5.74) is 0. The van der Waals surface area contributed by atoms with E-state index in [0.717, 1.165) is 0 Å². The first-order valence-corrected chi connectivity index (χ1v) is 7.02. The van der Waals surface area contributed by atoms with Crippen LogP contribution in [0.15, 0.2) is 0 Å². The first-order chi connectivity index (χ1) is 3.46. The molecule has 0 rings (SSSR count). The monoisotopic (exact) mass is 488 g/mol. The van der Waals surface area contributed by atoms with Gasteiger partial charge in [-0.25, -0.2) is 0 Å². The van der Waals surface area contributed by atoms with E-state index in [0.29, 0.717) is 0 Å². The second-order valence-corrected chi connectivity index (χ2v) is 2.65. The van der Waals surface area contributed by atoms with Gasteiger partial charge in [0.2, 0.25) is 0 Å². The van der Waals surface area contributed by atoms with Crippen LogP contribution in [0.5, 0.6) is 0 Å². The van der Waals surface area contributed by atoms with E-state index in [-0.39, 0.29) is 0 Å². The zero-order valence-electron chi connectivity index (χ0n) is 3.02. The fourth-order valence-electron chi connectivity index (χ4n) is 0. The summed E-state index contributed by atoms with van der Waals surface area (Å²) in [7, 11) is 0. The Kier molecular flexibility index (Phi) is 11.5. The molecule has 0 aromatic carbocycles. The van der Waals surface area contributed by atoms with Crippen molar-refractivity contribution in [2.24, 2.45) is 0 Å². The molecule has 0 heterocycles. The average molecular weight is 486 g/mol. The standard InChI is InChI=1S/6FH.2Re/h6*1H;;/q;;;;;;2*+3/p-6. The third kappa shape index (κ3) is 294. The van der Waals surface area contributed by atoms with Crippen molar-refractivity contribution >= 4 is 0 Å². The van der Waals surface area contributed by atoms with E-state index in [1.165, 1.54) is 0 Å². The van der Waals surface area contributed by atoms with Crippen molar-refractivity contribution in [2.75, 3.05) is 0 Å². The normalized spacial score (nSPS) is 11.2. The molecular formula is F6Re2. The third-order valence-electron chi connectivity index (χ3n) is 0. The van der Waals surface area contributed by atoms with Gasteiger partial charge in [-0.15, -0.1) is 0 Å². The summed E-state index contributed by atoms with van der Waals surface area (Å²) in [6.45, 7) is 0. The number of halogens is 6. The van der Waals surface area contributed by atoms with Crippen molar-refractivity contribution < 1.29 is 55.9 Å². The molecule has 0 bridgehead atoms. The van der Waals surface area contributed by atoms with E-state index in [2.05, 4.69) is 0 Å². The third-order valence-corrected chi connectivity index (χ3v) is 0. The molecule has 0 saturated heterocycles. The van der Waals surface area contributed by atoms with Crippen molar-refractivity contribution in [1.82, 2.24) is 0 Å². The van der Waals surface area contributed by atoms with Crippen molar-refractivity contribution in [3.63, 3.8) is 0 Å². The second-order valence-electron chi connectivity index (χ2n) is 0.324. The SMILES string of the molecule is [F][Re]([F])[F].[F][Re]([F])[F]. The van der Waals surface area contributed by atoms with Crippen LogP contribution in [0.25, 0.3) is 0 Å². The molecule has 56 valence electrons. The number of rotatable bonds is 0. The summed E-state index contributed by atoms with van der Waals surface area (Å²) in [6.07, 6.45) is 0. The van der Waals surface area contributed by atoms with Crippen LogP contribution in [0, 0.1) is 0 Å². The summed E-state index contributed by atoms with van der Waals surface area (Å²) in [6, 6.07) is 0. The molecular weight excluding hydrogens is 486 g/mol. The molecule has 0 radical (unpaired) electrons. The van der Waals surface area contributed by atoms with E-state index in [1.807, 2.05) is 0 Å². The van der Waals surface area contributed by atoms with Crippen LogP contribution in [0.1, 0.15) is 0 Å². The Morgan fingerprint density at radius 3 is 0.500 bits per heavy atom. The predicted octanol–water partition coefficient (Wildman–Crippen LogP) is 2.52. The van der Waals surface area contributed by atoms with Crippen LogP contribution in [0.3, 0.4) is 0 Å². The summed E-state index contributed by atoms with van der Waals surface area (Å²) < 4.78 is 59.1. The molecule has 0 aromatic rings. The van der Waals surface area contributed by atoms with E-state index in [4.69, 9.17) is 0 Å². The molecule has 0 saturated carbocycles. The van der Waals surface area contributed by atoms with E-state index >= 15 is 0 Å². The molecule has 8 heteroatoms. The second kappa shape index (κ2) is 7.90. The fourth-order valence-corrected chi connectivity index (χ4v) is 0. The first-order valence-electron chi connectivity index (χ1n) is 0.857. The maximum absolute atomic E-state index is 9.85. The molecule has 0 atom stereocenters. The molecule has 0 fully saturated rings. The summed E-state index contributed by atoms with van der Waals surface area (Å²) in [5, 5.41) is 0. The number of hydrogen-bond donors (Lipinski definition) is 0. The number of hydrogen-bond acceptors (Lipinski definition) is 0. The van der Waals surface area contributed by atoms with E-state index in [1.54, 1.807) is 0 Å². The van der Waals surface area contributed by atoms with Crippen molar-refractivity contribution in [3.05, 3.63) is 0 Å². The predicted molar refractivity (Wildman–Crippen MR) is 6.65 cm³/mol. The van der Waals surface area contributed by atoms with Gasteiger partial charge in [0.05, 0.1) is 0 Å². The first kappa shape index (κ1) is 11.7. The Labute approximate surface area is 56.2 Å². The zero-order valence-corrected chi connectivity index (χ0v) is 8.46. The molecule has 0 amide bonds. The molecule has 0 aliphatic rings. The van der Waals surface area contributed by atoms with Crippen molar-refractivity contribution in [2.45, 2.75) is 0 Å². The van der Waals surface area contributed by atoms with Crippen LogP contribution < -0.4 is 0 Å². The molecule has 0 aliphatic carbocycles. The molecule has 0 unspecified atom stereocenters. The summed E-state index contributed by atoms with van der Waals surface area (Å²) >= 11 is -9.93. The van der Waals surface area contributed by atoms with Crippen LogP contribution in [-0.4, -0.2) is 0 Å². The minimum absolute atomic E-state index is 4.96. The van der Waals surface area contributed by atoms with Gasteiger partial charge in [-0.05, 0) is 0 Å². The Bertz CT molecular complexity index is 22.0. The van der Waals surface area contributed by atoms with E-state index in [9.17, 15) is 19.3 Å². The van der Waals surface area contributed by atoms with Gasteiger partial charge in [0.25, 0.3) is 0 Å². The molecule has 8 heavy (non-hydrogen) atoms. The fraction of sp³-hybridized carbons (Fsp3) is 0. The van der Waals surface area contributed by atoms with Gasteiger partial charge < -0.3 is 0 Å². The Morgan fingerprint density at radius 1 is 0.500 bits per heavy atom. The van der Waals surface area contributed by atoms with E-state index < -0.39 is 36.6 Å². The van der Waals surface area contributed by atoms with Crippen LogP contribution >= 0.6 is 0 Å². The molecule has 0 nitrogen and oxygen atoms in total. The summed E-state index contributed by atoms with van der Waals surface area (Å²) in [5.74, 6) is 0. The van der Waals surface area contributed by atoms with Gasteiger partial charge in [0.1, 0.15) is 0 Å². The van der Waals surface area contributed by atoms with Gasteiger partial charge in [0, 0.05) is 0 Å². The molecule has 0 aliphatic heterocycles. The van der Waals surface area contributed by atoms with Crippen LogP contribution in [0.2, 0.25) is 0 Å². The van der Waals surface area contributed by atoms with Crippen molar-refractivity contribution in [3.8, 4) is 0 Å². The van der Waals surface area contributed by atoms with Gasteiger partial charge in [-0.1, -0.05) is 0 Å². The average Bonchev–Trinajstić information content (AvgIpc) is 1.25. The molecule has 0 spiro atoms. The Balaban J connectivity index is 0. The van der Waals surface area contributed by atoms with Gasteiger partial charge in [-0.3, -0.25) is 0 Å². The van der Waals surface area contributed by atoms with Gasteiger partial charge in [-0.2, -0.15) is 0 Å². The van der Waals surface area contributed by atoms with Crippen molar-refractivity contribution in [1.29, 1.82) is 0 Å². The topological polar surface area (TPSA) is 0 Å². The molecule has 0 N–H and O–H groups in total. The van der Waals surface area contributed by atoms with Crippen LogP contribution in [0.4, 0.5) is 19.3 Å². The minimum atomic E-state index is -4.96. The Hall–Kier alpha value is 0.905. The quantitative estimate of drug-likeness (QED) is 0.462. The Morgan fingerprint density at radius 2 is 0.500 bits per heavy atom. The molecule has 0 aromatic heterocycles. The van der Waals surface area contributed by atoms with Gasteiger partial charge in [0.15, 0.2) is 0 Å². The van der Waals surface area contributed by atoms with Gasteiger partial charge >= 0.3 is 55.9 Å².